The lowest BCUT2D eigenvalue weighted by Crippen LogP contribution is -2.28. The van der Waals surface area contributed by atoms with Gasteiger partial charge in [0.1, 0.15) is 12.1 Å². The highest BCUT2D eigenvalue weighted by Gasteiger charge is 2.31. The number of amides is 1. The van der Waals surface area contributed by atoms with Gasteiger partial charge in [-0.15, -0.1) is 5.10 Å². The molecule has 1 aliphatic carbocycles. The van der Waals surface area contributed by atoms with Crippen molar-refractivity contribution in [2.24, 2.45) is 5.92 Å². The van der Waals surface area contributed by atoms with Crippen LogP contribution in [-0.4, -0.2) is 25.5 Å². The second kappa shape index (κ2) is 5.67. The Bertz CT molecular complexity index is 918. The van der Waals surface area contributed by atoms with E-state index < -0.39 is 0 Å². The molecule has 122 valence electrons. The molecule has 0 unspecified atom stereocenters. The maximum Gasteiger partial charge on any atom is 0.223 e. The summed E-state index contributed by atoms with van der Waals surface area (Å²) in [5.74, 6) is 0.362. The van der Waals surface area contributed by atoms with Crippen molar-refractivity contribution in [2.45, 2.75) is 25.8 Å². The van der Waals surface area contributed by atoms with Gasteiger partial charge in [-0.1, -0.05) is 12.1 Å². The van der Waals surface area contributed by atoms with E-state index in [4.69, 9.17) is 0 Å². The molecule has 1 atom stereocenters. The van der Waals surface area contributed by atoms with Gasteiger partial charge in [-0.3, -0.25) is 4.79 Å². The molecule has 1 saturated carbocycles. The van der Waals surface area contributed by atoms with Gasteiger partial charge in [-0.2, -0.15) is 0 Å². The Kier molecular flexibility index (Phi) is 3.48. The van der Waals surface area contributed by atoms with Crippen LogP contribution in [0.3, 0.4) is 0 Å². The number of nitrogens with zero attached hydrogens (tertiary/aromatic N) is 4. The number of nitrogens with one attached hydrogen (secondary N) is 1. The van der Waals surface area contributed by atoms with Crippen LogP contribution in [0.4, 0.5) is 4.39 Å². The predicted octanol–water partition coefficient (Wildman–Crippen LogP) is 2.52. The Morgan fingerprint density at radius 3 is 2.92 bits per heavy atom. The summed E-state index contributed by atoms with van der Waals surface area (Å²) in [4.78, 5) is 20.5. The van der Waals surface area contributed by atoms with E-state index in [1.54, 1.807) is 24.3 Å². The summed E-state index contributed by atoms with van der Waals surface area (Å²) in [5.41, 5.74) is 1.47. The molecule has 4 rings (SSSR count). The van der Waals surface area contributed by atoms with Gasteiger partial charge in [-0.25, -0.2) is 18.9 Å². The summed E-state index contributed by atoms with van der Waals surface area (Å²) in [6, 6.07) is 7.86. The van der Waals surface area contributed by atoms with Gasteiger partial charge < -0.3 is 5.32 Å². The van der Waals surface area contributed by atoms with Crippen LogP contribution in [0.1, 0.15) is 31.6 Å². The van der Waals surface area contributed by atoms with Crippen molar-refractivity contribution in [3.8, 4) is 11.3 Å². The zero-order chi connectivity index (χ0) is 16.7. The lowest BCUT2D eigenvalue weighted by molar-refractivity contribution is -0.123. The number of hydrogen-bond donors (Lipinski definition) is 1. The minimum absolute atomic E-state index is 0.0477. The molecule has 3 aromatic rings. The standard InChI is InChI=1S/C17H16FN5O/c1-10(20-17(24)11-6-7-11)16-21-15-8-14(19-9-23(15)22-16)12-4-2-3-5-13(12)18/h2-5,8-11H,6-7H2,1H3,(H,20,24)/t10-/m0/s1. The van der Waals surface area contributed by atoms with E-state index in [-0.39, 0.29) is 23.7 Å². The Balaban J connectivity index is 1.63. The van der Waals surface area contributed by atoms with Crippen LogP contribution in [0, 0.1) is 11.7 Å². The Hall–Kier alpha value is -2.83. The number of rotatable bonds is 4. The monoisotopic (exact) mass is 325 g/mol. The van der Waals surface area contributed by atoms with Gasteiger partial charge in [-0.05, 0) is 31.9 Å². The summed E-state index contributed by atoms with van der Waals surface area (Å²) in [5, 5.41) is 7.25. The number of fused-ring (bicyclic) bond motifs is 1. The van der Waals surface area contributed by atoms with Crippen molar-refractivity contribution in [3.63, 3.8) is 0 Å². The fourth-order valence-corrected chi connectivity index (χ4v) is 2.55. The molecule has 1 aliphatic rings. The molecule has 1 amide bonds. The maximum absolute atomic E-state index is 13.9. The van der Waals surface area contributed by atoms with E-state index in [2.05, 4.69) is 20.4 Å². The Morgan fingerprint density at radius 1 is 1.38 bits per heavy atom. The SMILES string of the molecule is C[C@H](NC(=O)C1CC1)c1nc2cc(-c3ccccc3F)ncn2n1. The first-order chi connectivity index (χ1) is 11.6. The highest BCUT2D eigenvalue weighted by atomic mass is 19.1. The smallest absolute Gasteiger partial charge is 0.223 e. The van der Waals surface area contributed by atoms with Crippen molar-refractivity contribution < 1.29 is 9.18 Å². The third-order valence-corrected chi connectivity index (χ3v) is 4.09. The van der Waals surface area contributed by atoms with Crippen LogP contribution in [0.2, 0.25) is 0 Å². The number of aromatic nitrogens is 4. The number of halogens is 1. The number of carbonyl (C=O) groups is 1. The first kappa shape index (κ1) is 14.7. The summed E-state index contributed by atoms with van der Waals surface area (Å²) in [6.45, 7) is 1.85. The molecule has 0 aliphatic heterocycles. The van der Waals surface area contributed by atoms with Crippen molar-refractivity contribution in [3.05, 3.63) is 48.3 Å². The minimum atomic E-state index is -0.334. The lowest BCUT2D eigenvalue weighted by atomic mass is 10.1. The number of carbonyl (C=O) groups excluding carboxylic acids is 1. The summed E-state index contributed by atoms with van der Waals surface area (Å²) in [7, 11) is 0. The second-order valence-electron chi connectivity index (χ2n) is 6.03. The Morgan fingerprint density at radius 2 is 2.17 bits per heavy atom. The molecule has 1 N–H and O–H groups in total. The van der Waals surface area contributed by atoms with Gasteiger partial charge >= 0.3 is 0 Å². The van der Waals surface area contributed by atoms with E-state index in [0.29, 0.717) is 22.7 Å². The zero-order valence-electron chi connectivity index (χ0n) is 13.1. The molecule has 0 radical (unpaired) electrons. The van der Waals surface area contributed by atoms with Crippen molar-refractivity contribution in [2.75, 3.05) is 0 Å². The van der Waals surface area contributed by atoms with E-state index in [1.165, 1.54) is 16.9 Å². The number of hydrogen-bond acceptors (Lipinski definition) is 4. The van der Waals surface area contributed by atoms with Crippen molar-refractivity contribution in [1.29, 1.82) is 0 Å². The normalized spacial score (nSPS) is 15.4. The van der Waals surface area contributed by atoms with Gasteiger partial charge in [0.2, 0.25) is 5.91 Å². The molecule has 2 aromatic heterocycles. The molecule has 24 heavy (non-hydrogen) atoms. The van der Waals surface area contributed by atoms with Crippen LogP contribution in [0.25, 0.3) is 16.9 Å². The van der Waals surface area contributed by atoms with Gasteiger partial charge in [0.15, 0.2) is 11.5 Å². The van der Waals surface area contributed by atoms with E-state index in [9.17, 15) is 9.18 Å². The number of benzene rings is 1. The van der Waals surface area contributed by atoms with Crippen LogP contribution in [0.15, 0.2) is 36.7 Å². The zero-order valence-corrected chi connectivity index (χ0v) is 13.1. The van der Waals surface area contributed by atoms with E-state index in [0.717, 1.165) is 12.8 Å². The highest BCUT2D eigenvalue weighted by Crippen LogP contribution is 2.29. The Labute approximate surface area is 137 Å². The topological polar surface area (TPSA) is 72.2 Å². The minimum Gasteiger partial charge on any atom is -0.346 e. The molecule has 6 nitrogen and oxygen atoms in total. The third kappa shape index (κ3) is 2.73. The van der Waals surface area contributed by atoms with Gasteiger partial charge in [0.25, 0.3) is 0 Å². The fraction of sp³-hybridized carbons (Fsp3) is 0.294. The molecule has 1 aromatic carbocycles. The van der Waals surface area contributed by atoms with Crippen LogP contribution in [-0.2, 0) is 4.79 Å². The summed E-state index contributed by atoms with van der Waals surface area (Å²) >= 11 is 0. The van der Waals surface area contributed by atoms with E-state index in [1.807, 2.05) is 6.92 Å². The second-order valence-corrected chi connectivity index (χ2v) is 6.03. The molecule has 0 bridgehead atoms. The predicted molar refractivity (Wildman–Crippen MR) is 85.5 cm³/mol. The average molecular weight is 325 g/mol. The lowest BCUT2D eigenvalue weighted by Gasteiger charge is -2.09. The largest absolute Gasteiger partial charge is 0.346 e. The van der Waals surface area contributed by atoms with Crippen LogP contribution in [0.5, 0.6) is 0 Å². The quantitative estimate of drug-likeness (QED) is 0.800. The first-order valence-corrected chi connectivity index (χ1v) is 7.89. The highest BCUT2D eigenvalue weighted by molar-refractivity contribution is 5.81. The third-order valence-electron chi connectivity index (χ3n) is 4.09. The van der Waals surface area contributed by atoms with Gasteiger partial charge in [0.05, 0.1) is 11.7 Å². The van der Waals surface area contributed by atoms with Gasteiger partial charge in [0, 0.05) is 17.5 Å². The van der Waals surface area contributed by atoms with Crippen molar-refractivity contribution >= 4 is 11.6 Å². The molecule has 7 heteroatoms. The first-order valence-electron chi connectivity index (χ1n) is 7.89. The summed E-state index contributed by atoms with van der Waals surface area (Å²) in [6.07, 6.45) is 3.41. The van der Waals surface area contributed by atoms with Crippen molar-refractivity contribution in [1.82, 2.24) is 24.9 Å². The van der Waals surface area contributed by atoms with E-state index >= 15 is 0 Å². The summed E-state index contributed by atoms with van der Waals surface area (Å²) < 4.78 is 15.4. The molecule has 0 spiro atoms. The molecule has 1 fully saturated rings. The maximum atomic E-state index is 13.9. The molecular weight excluding hydrogens is 309 g/mol. The van der Waals surface area contributed by atoms with Crippen LogP contribution < -0.4 is 5.32 Å². The van der Waals surface area contributed by atoms with Crippen LogP contribution >= 0.6 is 0 Å². The average Bonchev–Trinajstić information content (AvgIpc) is 3.34. The molecule has 2 heterocycles. The molecule has 0 saturated heterocycles. The fourth-order valence-electron chi connectivity index (χ4n) is 2.55. The molecular formula is C17H16FN5O.